The molecule has 29 heavy (non-hydrogen) atoms. The number of nitrogens with zero attached hydrogens (tertiary/aromatic N) is 1. The molecule has 0 atom stereocenters. The minimum Gasteiger partial charge on any atom is -0.207 e. The van der Waals surface area contributed by atoms with Gasteiger partial charge in [-0.3, -0.25) is 0 Å². The molecule has 1 nitrogen and oxygen atoms in total. The van der Waals surface area contributed by atoms with Gasteiger partial charge in [0.15, 0.2) is 0 Å². The number of halogens is 1. The van der Waals surface area contributed by atoms with Crippen molar-refractivity contribution in [3.63, 3.8) is 0 Å². The summed E-state index contributed by atoms with van der Waals surface area (Å²) in [5.74, 6) is 3.31. The monoisotopic (exact) mass is 395 g/mol. The van der Waals surface area contributed by atoms with Crippen LogP contribution in [-0.4, -0.2) is 0 Å². The van der Waals surface area contributed by atoms with Crippen LogP contribution in [0.5, 0.6) is 0 Å². The van der Waals surface area contributed by atoms with Gasteiger partial charge in [-0.2, -0.15) is 5.26 Å². The zero-order chi connectivity index (χ0) is 20.3. The maximum Gasteiger partial charge on any atom is 0.123 e. The molecule has 0 unspecified atom stereocenters. The highest BCUT2D eigenvalue weighted by Crippen LogP contribution is 2.38. The average molecular weight is 396 g/mol. The maximum absolute atomic E-state index is 13.1. The van der Waals surface area contributed by atoms with Crippen LogP contribution in [0.4, 0.5) is 4.39 Å². The number of hydrogen-bond acceptors (Lipinski definition) is 1. The molecule has 0 saturated heterocycles. The smallest absolute Gasteiger partial charge is 0.123 e. The quantitative estimate of drug-likeness (QED) is 0.304. The number of unbranched alkanes of at least 4 members (excludes halogenated alkanes) is 1. The number of rotatable bonds is 9. The molecule has 1 aromatic carbocycles. The molecule has 0 radical (unpaired) electrons. The summed E-state index contributed by atoms with van der Waals surface area (Å²) in [6, 6.07) is 9.28. The van der Waals surface area contributed by atoms with E-state index in [1.54, 1.807) is 18.2 Å². The third-order valence-corrected chi connectivity index (χ3v) is 7.56. The third kappa shape index (κ3) is 7.61. The Kier molecular flexibility index (Phi) is 9.26. The zero-order valence-electron chi connectivity index (χ0n) is 18.0. The summed E-state index contributed by atoms with van der Waals surface area (Å²) in [5, 5.41) is 8.54. The molecular weight excluding hydrogens is 357 g/mol. The van der Waals surface area contributed by atoms with Gasteiger partial charge in [-0.25, -0.2) is 4.39 Å². The molecule has 0 aromatic heterocycles. The SMILES string of the molecule is N#CC=CCCC1CCC(CCCCC2CCC(c3ccc(F)cc3)CC2)CC1. The fraction of sp³-hybridized carbons (Fsp3) is 0.667. The Labute approximate surface area is 177 Å². The lowest BCUT2D eigenvalue weighted by atomic mass is 9.76. The van der Waals surface area contributed by atoms with Gasteiger partial charge in [-0.15, -0.1) is 0 Å². The summed E-state index contributed by atoms with van der Waals surface area (Å²) in [4.78, 5) is 0. The van der Waals surface area contributed by atoms with Crippen molar-refractivity contribution in [3.8, 4) is 6.07 Å². The Bertz CT molecular complexity index is 640. The molecule has 2 saturated carbocycles. The summed E-state index contributed by atoms with van der Waals surface area (Å²) in [7, 11) is 0. The molecule has 3 rings (SSSR count). The van der Waals surface area contributed by atoms with Gasteiger partial charge in [0.25, 0.3) is 0 Å². The minimum absolute atomic E-state index is 0.122. The average Bonchev–Trinajstić information content (AvgIpc) is 2.76. The molecule has 2 fully saturated rings. The van der Waals surface area contributed by atoms with E-state index >= 15 is 0 Å². The van der Waals surface area contributed by atoms with Crippen LogP contribution < -0.4 is 0 Å². The highest BCUT2D eigenvalue weighted by Gasteiger charge is 2.23. The van der Waals surface area contributed by atoms with Gasteiger partial charge in [-0.05, 0) is 79.9 Å². The molecule has 0 heterocycles. The first kappa shape index (κ1) is 22.1. The predicted octanol–water partition coefficient (Wildman–Crippen LogP) is 8.33. The third-order valence-electron chi connectivity index (χ3n) is 7.56. The fourth-order valence-electron chi connectivity index (χ4n) is 5.66. The summed E-state index contributed by atoms with van der Waals surface area (Å²) in [5.41, 5.74) is 1.33. The topological polar surface area (TPSA) is 23.8 Å². The van der Waals surface area contributed by atoms with Gasteiger partial charge >= 0.3 is 0 Å². The number of allylic oxidation sites excluding steroid dienone is 2. The van der Waals surface area contributed by atoms with E-state index in [4.69, 9.17) is 5.26 Å². The van der Waals surface area contributed by atoms with Gasteiger partial charge < -0.3 is 0 Å². The predicted molar refractivity (Wildman–Crippen MR) is 119 cm³/mol. The number of nitriles is 1. The second kappa shape index (κ2) is 12.2. The van der Waals surface area contributed by atoms with Crippen molar-refractivity contribution in [2.24, 2.45) is 17.8 Å². The minimum atomic E-state index is -0.122. The van der Waals surface area contributed by atoms with Gasteiger partial charge in [0.2, 0.25) is 0 Å². The molecule has 158 valence electrons. The molecule has 0 N–H and O–H groups in total. The second-order valence-corrected chi connectivity index (χ2v) is 9.55. The van der Waals surface area contributed by atoms with E-state index in [9.17, 15) is 4.39 Å². The lowest BCUT2D eigenvalue weighted by Gasteiger charge is -2.30. The molecule has 2 aliphatic carbocycles. The van der Waals surface area contributed by atoms with E-state index in [2.05, 4.69) is 6.07 Å². The van der Waals surface area contributed by atoms with Crippen LogP contribution >= 0.6 is 0 Å². The first-order valence-corrected chi connectivity index (χ1v) is 12.0. The first-order chi connectivity index (χ1) is 14.2. The van der Waals surface area contributed by atoms with Gasteiger partial charge in [0, 0.05) is 6.08 Å². The Morgan fingerprint density at radius 2 is 1.31 bits per heavy atom. The van der Waals surface area contributed by atoms with E-state index in [0.29, 0.717) is 5.92 Å². The Morgan fingerprint density at radius 1 is 0.793 bits per heavy atom. The van der Waals surface area contributed by atoms with Crippen molar-refractivity contribution in [2.45, 2.75) is 95.8 Å². The van der Waals surface area contributed by atoms with Crippen LogP contribution in [0.3, 0.4) is 0 Å². The summed E-state index contributed by atoms with van der Waals surface area (Å²) >= 11 is 0. The van der Waals surface area contributed by atoms with E-state index in [0.717, 1.165) is 24.2 Å². The molecule has 2 aliphatic rings. The molecule has 0 aliphatic heterocycles. The lowest BCUT2D eigenvalue weighted by Crippen LogP contribution is -2.15. The van der Waals surface area contributed by atoms with Crippen LogP contribution in [0.1, 0.15) is 101 Å². The van der Waals surface area contributed by atoms with E-state index < -0.39 is 0 Å². The highest BCUT2D eigenvalue weighted by atomic mass is 19.1. The Balaban J connectivity index is 1.22. The van der Waals surface area contributed by atoms with Crippen molar-refractivity contribution >= 4 is 0 Å². The number of benzene rings is 1. The van der Waals surface area contributed by atoms with Crippen LogP contribution in [0.15, 0.2) is 36.4 Å². The Morgan fingerprint density at radius 3 is 1.86 bits per heavy atom. The van der Waals surface area contributed by atoms with Gasteiger partial charge in [0.05, 0.1) is 6.07 Å². The largest absolute Gasteiger partial charge is 0.207 e. The maximum atomic E-state index is 13.1. The van der Waals surface area contributed by atoms with Crippen LogP contribution in [-0.2, 0) is 0 Å². The summed E-state index contributed by atoms with van der Waals surface area (Å²) < 4.78 is 13.1. The molecule has 0 spiro atoms. The second-order valence-electron chi connectivity index (χ2n) is 9.55. The van der Waals surface area contributed by atoms with E-state index in [-0.39, 0.29) is 5.82 Å². The molecular formula is C27H38FN. The molecule has 0 bridgehead atoms. The first-order valence-electron chi connectivity index (χ1n) is 12.0. The molecule has 1 aromatic rings. The van der Waals surface area contributed by atoms with Crippen molar-refractivity contribution < 1.29 is 4.39 Å². The normalized spacial score (nSPS) is 27.7. The standard InChI is InChI=1S/C27H38FN/c28-27-19-17-26(18-20-27)25-15-13-24(14-16-25)8-4-3-7-23-11-9-22(10-12-23)6-2-1-5-21-29/h1,5,17-20,22-25H,2-4,6-16H2. The van der Waals surface area contributed by atoms with Crippen molar-refractivity contribution in [1.82, 2.24) is 0 Å². The van der Waals surface area contributed by atoms with Crippen LogP contribution in [0.25, 0.3) is 0 Å². The lowest BCUT2D eigenvalue weighted by molar-refractivity contribution is 0.244. The zero-order valence-corrected chi connectivity index (χ0v) is 18.0. The van der Waals surface area contributed by atoms with Crippen LogP contribution in [0.2, 0.25) is 0 Å². The van der Waals surface area contributed by atoms with Gasteiger partial charge in [0.1, 0.15) is 5.82 Å². The van der Waals surface area contributed by atoms with Crippen molar-refractivity contribution in [2.75, 3.05) is 0 Å². The van der Waals surface area contributed by atoms with Crippen molar-refractivity contribution in [3.05, 3.63) is 47.8 Å². The molecule has 0 amide bonds. The highest BCUT2D eigenvalue weighted by molar-refractivity contribution is 5.20. The van der Waals surface area contributed by atoms with E-state index in [1.165, 1.54) is 89.0 Å². The van der Waals surface area contributed by atoms with Crippen molar-refractivity contribution in [1.29, 1.82) is 5.26 Å². The van der Waals surface area contributed by atoms with E-state index in [1.807, 2.05) is 18.2 Å². The number of hydrogen-bond donors (Lipinski definition) is 0. The van der Waals surface area contributed by atoms with Gasteiger partial charge in [-0.1, -0.05) is 69.6 Å². The van der Waals surface area contributed by atoms with Crippen LogP contribution in [0, 0.1) is 34.9 Å². The fourth-order valence-corrected chi connectivity index (χ4v) is 5.66. The summed E-state index contributed by atoms with van der Waals surface area (Å²) in [6.07, 6.45) is 22.6. The molecule has 2 heteroatoms. The summed E-state index contributed by atoms with van der Waals surface area (Å²) in [6.45, 7) is 0. The Hall–Kier alpha value is -1.62.